The first-order valence-corrected chi connectivity index (χ1v) is 15.7. The van der Waals surface area contributed by atoms with E-state index in [0.29, 0.717) is 30.7 Å². The number of ketones is 1. The Balaban J connectivity index is 1.43. The number of nitriles is 1. The quantitative estimate of drug-likeness (QED) is 0.270. The number of aryl methyl sites for hydroxylation is 2. The number of ether oxygens (including phenoxy) is 2. The average Bonchev–Trinajstić information content (AvgIpc) is 3.75. The van der Waals surface area contributed by atoms with E-state index in [1.165, 1.54) is 5.69 Å². The smallest absolute Gasteiger partial charge is 0.328 e. The maximum Gasteiger partial charge on any atom is 0.328 e. The van der Waals surface area contributed by atoms with Gasteiger partial charge in [-0.1, -0.05) is 12.1 Å². The van der Waals surface area contributed by atoms with Crippen LogP contribution < -0.4 is 10.1 Å². The molecular weight excluding hydrogens is 596 g/mol. The van der Waals surface area contributed by atoms with E-state index in [2.05, 4.69) is 49.8 Å². The van der Waals surface area contributed by atoms with Crippen molar-refractivity contribution >= 4 is 38.6 Å². The highest BCUT2D eigenvalue weighted by atomic mass is 79.9. The molecule has 8 nitrogen and oxygen atoms in total. The van der Waals surface area contributed by atoms with Crippen molar-refractivity contribution in [2.24, 2.45) is 0 Å². The number of Topliss-reactive ketones (excluding diaryl/α,β-unsaturated/α-hetero) is 1. The van der Waals surface area contributed by atoms with Gasteiger partial charge in [0.05, 0.1) is 41.4 Å². The lowest BCUT2D eigenvalue weighted by atomic mass is 9.82. The van der Waals surface area contributed by atoms with Gasteiger partial charge in [0, 0.05) is 24.3 Å². The number of nitrogens with zero attached hydrogens (tertiary/aromatic N) is 3. The molecule has 0 bridgehead atoms. The number of esters is 1. The summed E-state index contributed by atoms with van der Waals surface area (Å²) >= 11 is 3.56. The van der Waals surface area contributed by atoms with E-state index in [9.17, 15) is 14.9 Å². The molecule has 1 unspecified atom stereocenters. The average molecular weight is 636 g/mol. The lowest BCUT2D eigenvalue weighted by Crippen LogP contribution is -2.56. The summed E-state index contributed by atoms with van der Waals surface area (Å²) < 4.78 is 14.0. The van der Waals surface area contributed by atoms with Crippen LogP contribution in [-0.2, 0) is 27.3 Å². The monoisotopic (exact) mass is 634 g/mol. The van der Waals surface area contributed by atoms with Crippen molar-refractivity contribution in [3.8, 4) is 11.8 Å². The van der Waals surface area contributed by atoms with Crippen LogP contribution in [-0.4, -0.2) is 59.6 Å². The fourth-order valence-electron chi connectivity index (χ4n) is 6.89. The summed E-state index contributed by atoms with van der Waals surface area (Å²) in [5.74, 6) is 0.509. The zero-order chi connectivity index (χ0) is 29.9. The molecule has 3 atom stereocenters. The molecule has 1 aromatic heterocycles. The molecule has 2 saturated heterocycles. The molecule has 0 radical (unpaired) electrons. The number of nitrogens with one attached hydrogen (secondary N) is 1. The van der Waals surface area contributed by atoms with Crippen LogP contribution in [0.3, 0.4) is 0 Å². The third kappa shape index (κ3) is 5.72. The minimum atomic E-state index is -0.681. The van der Waals surface area contributed by atoms with Crippen molar-refractivity contribution in [1.82, 2.24) is 14.8 Å². The van der Waals surface area contributed by atoms with Crippen molar-refractivity contribution < 1.29 is 19.1 Å². The zero-order valence-electron chi connectivity index (χ0n) is 24.6. The zero-order valence-corrected chi connectivity index (χ0v) is 26.2. The van der Waals surface area contributed by atoms with Gasteiger partial charge in [-0.2, -0.15) is 5.26 Å². The van der Waals surface area contributed by atoms with Gasteiger partial charge < -0.3 is 19.4 Å². The van der Waals surface area contributed by atoms with Crippen LogP contribution in [0.4, 0.5) is 0 Å². The lowest BCUT2D eigenvalue weighted by molar-refractivity contribution is -0.151. The Hall–Kier alpha value is -3.19. The van der Waals surface area contributed by atoms with Crippen LogP contribution in [0.15, 0.2) is 46.9 Å². The number of hydrogen-bond donors (Lipinski definition) is 1. The van der Waals surface area contributed by atoms with Gasteiger partial charge in [0.2, 0.25) is 0 Å². The molecule has 3 aromatic rings. The van der Waals surface area contributed by atoms with Gasteiger partial charge in [-0.05, 0) is 116 Å². The van der Waals surface area contributed by atoms with Gasteiger partial charge in [-0.3, -0.25) is 9.69 Å². The molecular formula is C33H39BrN4O4. The van der Waals surface area contributed by atoms with E-state index >= 15 is 0 Å². The number of aromatic nitrogens is 1. The molecule has 42 heavy (non-hydrogen) atoms. The van der Waals surface area contributed by atoms with Crippen LogP contribution in [0.1, 0.15) is 68.8 Å². The number of likely N-dealkylation sites (tertiary alicyclic amines) is 1. The predicted molar refractivity (Wildman–Crippen MR) is 165 cm³/mol. The highest BCUT2D eigenvalue weighted by Gasteiger charge is 2.49. The van der Waals surface area contributed by atoms with Crippen molar-refractivity contribution in [1.29, 1.82) is 5.26 Å². The third-order valence-electron chi connectivity index (χ3n) is 8.89. The van der Waals surface area contributed by atoms with Crippen molar-refractivity contribution in [3.63, 3.8) is 0 Å². The Morgan fingerprint density at radius 3 is 2.69 bits per heavy atom. The van der Waals surface area contributed by atoms with E-state index < -0.39 is 11.6 Å². The van der Waals surface area contributed by atoms with Crippen molar-refractivity contribution in [2.45, 2.75) is 76.5 Å². The number of hydrogen-bond acceptors (Lipinski definition) is 7. The number of benzene rings is 2. The predicted octanol–water partition coefficient (Wildman–Crippen LogP) is 5.70. The van der Waals surface area contributed by atoms with Gasteiger partial charge in [-0.15, -0.1) is 0 Å². The second kappa shape index (κ2) is 13.0. The molecule has 0 saturated carbocycles. The summed E-state index contributed by atoms with van der Waals surface area (Å²) in [7, 11) is 1.61. The molecule has 0 spiro atoms. The first kappa shape index (κ1) is 30.3. The molecule has 2 aromatic carbocycles. The summed E-state index contributed by atoms with van der Waals surface area (Å²) in [4.78, 5) is 30.0. The summed E-state index contributed by atoms with van der Waals surface area (Å²) in [6.07, 6.45) is 4.68. The highest BCUT2D eigenvalue weighted by molar-refractivity contribution is 9.10. The lowest BCUT2D eigenvalue weighted by Gasteiger charge is -2.37. The Labute approximate surface area is 256 Å². The number of rotatable bonds is 11. The van der Waals surface area contributed by atoms with E-state index in [-0.39, 0.29) is 24.4 Å². The van der Waals surface area contributed by atoms with Crippen LogP contribution in [0.25, 0.3) is 10.9 Å². The molecule has 2 aliphatic rings. The SMILES string of the molecule is CCOC(=O)C(c1ccc(OC)c(Br)c1)N1CCC[C@@H]1C(=O)[C@]1(CCc2cc3ccc(C#N)cc3n2CC)CCCN1. The summed E-state index contributed by atoms with van der Waals surface area (Å²) in [6.45, 7) is 6.42. The Bertz CT molecular complexity index is 1500. The molecule has 2 fully saturated rings. The number of fused-ring (bicyclic) bond motifs is 1. The van der Waals surface area contributed by atoms with Crippen LogP contribution in [0.2, 0.25) is 0 Å². The topological polar surface area (TPSA) is 96.6 Å². The van der Waals surface area contributed by atoms with E-state index in [1.54, 1.807) is 14.0 Å². The minimum Gasteiger partial charge on any atom is -0.496 e. The number of halogens is 1. The number of carbonyl (C=O) groups excluding carboxylic acids is 2. The molecule has 0 aliphatic carbocycles. The summed E-state index contributed by atoms with van der Waals surface area (Å²) in [5.41, 5.74) is 2.99. The van der Waals surface area contributed by atoms with E-state index in [4.69, 9.17) is 9.47 Å². The van der Waals surface area contributed by atoms with Crippen molar-refractivity contribution in [3.05, 3.63) is 63.8 Å². The second-order valence-corrected chi connectivity index (χ2v) is 12.0. The molecule has 3 heterocycles. The highest BCUT2D eigenvalue weighted by Crippen LogP contribution is 2.38. The maximum atomic E-state index is 14.6. The fraction of sp³-hybridized carbons (Fsp3) is 0.485. The van der Waals surface area contributed by atoms with E-state index in [1.807, 2.05) is 36.4 Å². The van der Waals surface area contributed by atoms with E-state index in [0.717, 1.165) is 59.7 Å². The number of methoxy groups -OCH3 is 1. The van der Waals surface area contributed by atoms with Crippen LogP contribution >= 0.6 is 15.9 Å². The standard InChI is InChI=1S/C33H39BrN4O4/c1-4-37-25(19-23-10-9-22(21-35)18-28(23)37)13-15-33(14-7-16-36-33)31(39)27-8-6-17-38(27)30(32(40)42-5-2)24-11-12-29(41-3)26(34)20-24/h9-12,18-20,27,30,36H,4-8,13-17H2,1-3H3/t27-,30?,33-/m1/s1. The van der Waals surface area contributed by atoms with Crippen LogP contribution in [0.5, 0.6) is 5.75 Å². The second-order valence-electron chi connectivity index (χ2n) is 11.2. The Kier molecular flexibility index (Phi) is 9.36. The summed E-state index contributed by atoms with van der Waals surface area (Å²) in [5, 5.41) is 14.1. The summed E-state index contributed by atoms with van der Waals surface area (Å²) in [6, 6.07) is 14.8. The molecule has 5 rings (SSSR count). The molecule has 9 heteroatoms. The van der Waals surface area contributed by atoms with Gasteiger partial charge >= 0.3 is 5.97 Å². The normalized spacial score (nSPS) is 21.4. The third-order valence-corrected chi connectivity index (χ3v) is 9.51. The molecule has 2 aliphatic heterocycles. The van der Waals surface area contributed by atoms with Gasteiger partial charge in [0.25, 0.3) is 0 Å². The first-order chi connectivity index (χ1) is 20.4. The largest absolute Gasteiger partial charge is 0.496 e. The van der Waals surface area contributed by atoms with Crippen LogP contribution in [0, 0.1) is 11.3 Å². The number of carbonyl (C=O) groups is 2. The molecule has 0 amide bonds. The van der Waals surface area contributed by atoms with Gasteiger partial charge in [-0.25, -0.2) is 4.79 Å². The minimum absolute atomic E-state index is 0.172. The first-order valence-electron chi connectivity index (χ1n) is 14.9. The Morgan fingerprint density at radius 2 is 2.02 bits per heavy atom. The fourth-order valence-corrected chi connectivity index (χ4v) is 7.45. The molecule has 1 N–H and O–H groups in total. The van der Waals surface area contributed by atoms with Gasteiger partial charge in [0.1, 0.15) is 11.8 Å². The molecule has 222 valence electrons. The Morgan fingerprint density at radius 1 is 1.19 bits per heavy atom. The van der Waals surface area contributed by atoms with Gasteiger partial charge in [0.15, 0.2) is 5.78 Å². The maximum absolute atomic E-state index is 14.6. The van der Waals surface area contributed by atoms with Crippen molar-refractivity contribution in [2.75, 3.05) is 26.8 Å².